The molecule has 4 heteroatoms. The molecule has 88 valence electrons. The number of carbonyl (C=O) groups is 1. The quantitative estimate of drug-likeness (QED) is 0.866. The summed E-state index contributed by atoms with van der Waals surface area (Å²) in [5.74, 6) is -1.32. The van der Waals surface area contributed by atoms with Crippen molar-refractivity contribution in [2.45, 2.75) is 6.92 Å². The summed E-state index contributed by atoms with van der Waals surface area (Å²) in [6.07, 6.45) is 0. The number of nitrogens with zero attached hydrogens (tertiary/aromatic N) is 1. The summed E-state index contributed by atoms with van der Waals surface area (Å²) in [5.41, 5.74) is 2.49. The zero-order valence-electron chi connectivity index (χ0n) is 9.57. The van der Waals surface area contributed by atoms with E-state index >= 15 is 0 Å². The van der Waals surface area contributed by atoms with Crippen molar-refractivity contribution in [3.05, 3.63) is 47.4 Å². The summed E-state index contributed by atoms with van der Waals surface area (Å²) in [4.78, 5) is 10.9. The summed E-state index contributed by atoms with van der Waals surface area (Å²) in [6.45, 7) is 1.86. The molecule has 0 bridgehead atoms. The lowest BCUT2D eigenvalue weighted by atomic mass is 10.1. The van der Waals surface area contributed by atoms with E-state index in [0.717, 1.165) is 5.56 Å². The second kappa shape index (κ2) is 4.05. The monoisotopic (exact) mass is 233 g/mol. The first-order chi connectivity index (χ1) is 8.00. The SMILES string of the molecule is Cc1ccc(F)cc1-c1ccc(C(=O)O)n1C. The number of aromatic nitrogens is 1. The van der Waals surface area contributed by atoms with E-state index in [0.29, 0.717) is 11.3 Å². The molecule has 0 radical (unpaired) electrons. The van der Waals surface area contributed by atoms with E-state index in [1.807, 2.05) is 6.92 Å². The number of hydrogen-bond donors (Lipinski definition) is 1. The number of carboxylic acids is 1. The molecule has 1 aromatic heterocycles. The Hall–Kier alpha value is -2.10. The van der Waals surface area contributed by atoms with Crippen molar-refractivity contribution >= 4 is 5.97 Å². The Bertz CT molecular complexity index is 587. The third-order valence-electron chi connectivity index (χ3n) is 2.82. The molecule has 3 nitrogen and oxygen atoms in total. The van der Waals surface area contributed by atoms with Gasteiger partial charge >= 0.3 is 5.97 Å². The van der Waals surface area contributed by atoms with Gasteiger partial charge in [0, 0.05) is 18.3 Å². The van der Waals surface area contributed by atoms with Gasteiger partial charge in [-0.25, -0.2) is 9.18 Å². The second-order valence-corrected chi connectivity index (χ2v) is 3.93. The zero-order valence-corrected chi connectivity index (χ0v) is 9.57. The van der Waals surface area contributed by atoms with Crippen LogP contribution in [0.4, 0.5) is 4.39 Å². The van der Waals surface area contributed by atoms with Crippen LogP contribution in [0.1, 0.15) is 16.1 Å². The van der Waals surface area contributed by atoms with Gasteiger partial charge in [-0.3, -0.25) is 0 Å². The number of halogens is 1. The number of benzene rings is 1. The average Bonchev–Trinajstić information content (AvgIpc) is 2.64. The van der Waals surface area contributed by atoms with Crippen LogP contribution in [0, 0.1) is 12.7 Å². The fraction of sp³-hybridized carbons (Fsp3) is 0.154. The van der Waals surface area contributed by atoms with Gasteiger partial charge in [-0.1, -0.05) is 6.07 Å². The Morgan fingerprint density at radius 3 is 2.59 bits per heavy atom. The van der Waals surface area contributed by atoms with Gasteiger partial charge in [0.05, 0.1) is 0 Å². The van der Waals surface area contributed by atoms with Gasteiger partial charge < -0.3 is 9.67 Å². The van der Waals surface area contributed by atoms with Gasteiger partial charge in [0.2, 0.25) is 0 Å². The second-order valence-electron chi connectivity index (χ2n) is 3.93. The highest BCUT2D eigenvalue weighted by molar-refractivity contribution is 5.87. The molecule has 0 aliphatic rings. The minimum absolute atomic E-state index is 0.184. The van der Waals surface area contributed by atoms with E-state index in [-0.39, 0.29) is 11.5 Å². The van der Waals surface area contributed by atoms with Crippen molar-refractivity contribution in [1.29, 1.82) is 0 Å². The molecule has 0 spiro atoms. The molecule has 1 heterocycles. The molecule has 0 saturated heterocycles. The van der Waals surface area contributed by atoms with E-state index < -0.39 is 5.97 Å². The van der Waals surface area contributed by atoms with E-state index in [9.17, 15) is 9.18 Å². The first-order valence-corrected chi connectivity index (χ1v) is 5.16. The van der Waals surface area contributed by atoms with Gasteiger partial charge in [-0.2, -0.15) is 0 Å². The van der Waals surface area contributed by atoms with Crippen molar-refractivity contribution in [1.82, 2.24) is 4.57 Å². The van der Waals surface area contributed by atoms with Crippen molar-refractivity contribution in [3.8, 4) is 11.3 Å². The van der Waals surface area contributed by atoms with E-state index in [4.69, 9.17) is 5.11 Å². The number of aromatic carboxylic acids is 1. The molecule has 17 heavy (non-hydrogen) atoms. The fourth-order valence-electron chi connectivity index (χ4n) is 1.87. The third kappa shape index (κ3) is 1.93. The Kier molecular flexibility index (Phi) is 2.71. The molecule has 0 unspecified atom stereocenters. The van der Waals surface area contributed by atoms with E-state index in [1.54, 1.807) is 23.7 Å². The molecule has 1 aromatic carbocycles. The van der Waals surface area contributed by atoms with Crippen molar-refractivity contribution < 1.29 is 14.3 Å². The summed E-state index contributed by atoms with van der Waals surface area (Å²) in [6, 6.07) is 7.68. The lowest BCUT2D eigenvalue weighted by Gasteiger charge is -2.08. The normalized spacial score (nSPS) is 10.5. The topological polar surface area (TPSA) is 42.2 Å². The van der Waals surface area contributed by atoms with Crippen LogP contribution in [-0.4, -0.2) is 15.6 Å². The predicted molar refractivity (Wildman–Crippen MR) is 62.5 cm³/mol. The molecular formula is C13H12FNO2. The van der Waals surface area contributed by atoms with Crippen LogP contribution in [0.5, 0.6) is 0 Å². The van der Waals surface area contributed by atoms with Gasteiger partial charge in [-0.15, -0.1) is 0 Å². The molecule has 2 rings (SSSR count). The van der Waals surface area contributed by atoms with Gasteiger partial charge in [0.25, 0.3) is 0 Å². The van der Waals surface area contributed by atoms with Crippen LogP contribution in [0.2, 0.25) is 0 Å². The number of aryl methyl sites for hydroxylation is 1. The first kappa shape index (κ1) is 11.4. The highest BCUT2D eigenvalue weighted by atomic mass is 19.1. The maximum Gasteiger partial charge on any atom is 0.352 e. The molecular weight excluding hydrogens is 221 g/mol. The smallest absolute Gasteiger partial charge is 0.352 e. The molecule has 0 saturated carbocycles. The van der Waals surface area contributed by atoms with Gasteiger partial charge in [0.1, 0.15) is 11.5 Å². The largest absolute Gasteiger partial charge is 0.477 e. The fourth-order valence-corrected chi connectivity index (χ4v) is 1.87. The van der Waals surface area contributed by atoms with Crippen LogP contribution in [0.25, 0.3) is 11.3 Å². The molecule has 0 atom stereocenters. The first-order valence-electron chi connectivity index (χ1n) is 5.16. The Labute approximate surface area is 98.1 Å². The van der Waals surface area contributed by atoms with Crippen LogP contribution < -0.4 is 0 Å². The van der Waals surface area contributed by atoms with Crippen molar-refractivity contribution in [2.75, 3.05) is 0 Å². The standard InChI is InChI=1S/C13H12FNO2/c1-8-3-4-9(14)7-10(8)11-5-6-12(13(16)17)15(11)2/h3-7H,1-2H3,(H,16,17). The van der Waals surface area contributed by atoms with Crippen molar-refractivity contribution in [3.63, 3.8) is 0 Å². The van der Waals surface area contributed by atoms with Crippen LogP contribution in [-0.2, 0) is 7.05 Å². The molecule has 0 fully saturated rings. The Morgan fingerprint density at radius 2 is 2.00 bits per heavy atom. The maximum atomic E-state index is 13.2. The minimum atomic E-state index is -0.993. The molecule has 2 aromatic rings. The Morgan fingerprint density at radius 1 is 1.29 bits per heavy atom. The van der Waals surface area contributed by atoms with Crippen LogP contribution in [0.15, 0.2) is 30.3 Å². The van der Waals surface area contributed by atoms with E-state index in [2.05, 4.69) is 0 Å². The third-order valence-corrected chi connectivity index (χ3v) is 2.82. The minimum Gasteiger partial charge on any atom is -0.477 e. The lowest BCUT2D eigenvalue weighted by Crippen LogP contribution is -2.05. The average molecular weight is 233 g/mol. The summed E-state index contributed by atoms with van der Waals surface area (Å²) in [7, 11) is 1.66. The molecule has 0 aliphatic carbocycles. The zero-order chi connectivity index (χ0) is 12.6. The number of rotatable bonds is 2. The van der Waals surface area contributed by atoms with Crippen molar-refractivity contribution in [2.24, 2.45) is 7.05 Å². The van der Waals surface area contributed by atoms with Gasteiger partial charge in [0.15, 0.2) is 0 Å². The van der Waals surface area contributed by atoms with Crippen LogP contribution >= 0.6 is 0 Å². The Balaban J connectivity index is 2.61. The summed E-state index contributed by atoms with van der Waals surface area (Å²) in [5, 5.41) is 8.95. The highest BCUT2D eigenvalue weighted by Crippen LogP contribution is 2.25. The molecule has 0 aliphatic heterocycles. The summed E-state index contributed by atoms with van der Waals surface area (Å²) >= 11 is 0. The molecule has 1 N–H and O–H groups in total. The number of hydrogen-bond acceptors (Lipinski definition) is 1. The predicted octanol–water partition coefficient (Wildman–Crippen LogP) is 2.84. The summed E-state index contributed by atoms with van der Waals surface area (Å²) < 4.78 is 14.8. The lowest BCUT2D eigenvalue weighted by molar-refractivity contribution is 0.0687. The van der Waals surface area contributed by atoms with E-state index in [1.165, 1.54) is 18.2 Å². The number of carboxylic acid groups (broad SMARTS) is 1. The van der Waals surface area contributed by atoms with Crippen LogP contribution in [0.3, 0.4) is 0 Å². The maximum absolute atomic E-state index is 13.2. The highest BCUT2D eigenvalue weighted by Gasteiger charge is 2.13. The molecule has 0 amide bonds. The van der Waals surface area contributed by atoms with Gasteiger partial charge in [-0.05, 0) is 36.8 Å².